The highest BCUT2D eigenvalue weighted by molar-refractivity contribution is 5.95. The van der Waals surface area contributed by atoms with E-state index >= 15 is 0 Å². The van der Waals surface area contributed by atoms with Crippen LogP contribution in [0.3, 0.4) is 0 Å². The quantitative estimate of drug-likeness (QED) is 0.914. The normalized spacial score (nSPS) is 20.6. The fourth-order valence-corrected chi connectivity index (χ4v) is 3.29. The first-order valence-corrected chi connectivity index (χ1v) is 8.61. The van der Waals surface area contributed by atoms with Crippen molar-refractivity contribution in [1.82, 2.24) is 9.88 Å². The highest BCUT2D eigenvalue weighted by atomic mass is 16.5. The third kappa shape index (κ3) is 3.66. The number of H-pyrrole nitrogens is 1. The van der Waals surface area contributed by atoms with E-state index in [9.17, 15) is 9.59 Å². The molecule has 132 valence electrons. The lowest BCUT2D eigenvalue weighted by Gasteiger charge is -2.35. The highest BCUT2D eigenvalue weighted by Gasteiger charge is 2.26. The molecule has 2 heterocycles. The van der Waals surface area contributed by atoms with Crippen LogP contribution < -0.4 is 5.56 Å². The van der Waals surface area contributed by atoms with Crippen molar-refractivity contribution in [3.05, 3.63) is 57.5 Å². The number of aryl methyl sites for hydroxylation is 2. The average Bonchev–Trinajstić information content (AvgIpc) is 2.56. The van der Waals surface area contributed by atoms with Crippen molar-refractivity contribution >= 4 is 5.91 Å². The minimum atomic E-state index is -0.138. The van der Waals surface area contributed by atoms with Crippen molar-refractivity contribution in [3.8, 4) is 11.1 Å². The fourth-order valence-electron chi connectivity index (χ4n) is 3.29. The van der Waals surface area contributed by atoms with Crippen LogP contribution in [0.25, 0.3) is 11.1 Å². The van der Waals surface area contributed by atoms with Crippen LogP contribution in [0.2, 0.25) is 0 Å². The van der Waals surface area contributed by atoms with Crippen LogP contribution in [0.1, 0.15) is 35.5 Å². The van der Waals surface area contributed by atoms with Crippen LogP contribution in [-0.2, 0) is 4.74 Å². The van der Waals surface area contributed by atoms with E-state index in [-0.39, 0.29) is 23.7 Å². The second kappa shape index (κ2) is 6.84. The van der Waals surface area contributed by atoms with Gasteiger partial charge in [0.15, 0.2) is 0 Å². The van der Waals surface area contributed by atoms with Gasteiger partial charge in [-0.05, 0) is 57.0 Å². The molecule has 0 spiro atoms. The molecule has 0 aliphatic carbocycles. The first kappa shape index (κ1) is 17.4. The molecule has 0 bridgehead atoms. The second-order valence-corrected chi connectivity index (χ2v) is 6.87. The SMILES string of the molecule is Cc1cc(-c2cccc(C(=O)N3C[C@@H](C)O[C@@H](C)C3)c2)c(=O)[nH]c1C. The average molecular weight is 340 g/mol. The molecule has 1 amide bonds. The monoisotopic (exact) mass is 340 g/mol. The molecule has 0 unspecified atom stereocenters. The third-order valence-electron chi connectivity index (χ3n) is 4.63. The number of pyridine rings is 1. The summed E-state index contributed by atoms with van der Waals surface area (Å²) in [5, 5.41) is 0. The van der Waals surface area contributed by atoms with Gasteiger partial charge in [-0.2, -0.15) is 0 Å². The Bertz CT molecular complexity index is 846. The summed E-state index contributed by atoms with van der Waals surface area (Å²) in [5.41, 5.74) is 3.67. The number of hydrogen-bond donors (Lipinski definition) is 1. The number of carbonyl (C=O) groups is 1. The maximum absolute atomic E-state index is 12.9. The van der Waals surface area contributed by atoms with Crippen LogP contribution in [0.5, 0.6) is 0 Å². The molecule has 1 aliphatic rings. The molecule has 3 rings (SSSR count). The molecule has 2 aromatic rings. The molecular weight excluding hydrogens is 316 g/mol. The number of morpholine rings is 1. The number of aromatic nitrogens is 1. The van der Waals surface area contributed by atoms with E-state index in [1.807, 2.05) is 50.8 Å². The Labute approximate surface area is 147 Å². The number of hydrogen-bond acceptors (Lipinski definition) is 3. The number of nitrogens with zero attached hydrogens (tertiary/aromatic N) is 1. The van der Waals surface area contributed by atoms with Crippen molar-refractivity contribution in [2.24, 2.45) is 0 Å². The predicted octanol–water partition coefficient (Wildman–Crippen LogP) is 2.91. The van der Waals surface area contributed by atoms with Crippen LogP contribution in [0, 0.1) is 13.8 Å². The van der Waals surface area contributed by atoms with Crippen molar-refractivity contribution in [2.45, 2.75) is 39.9 Å². The maximum Gasteiger partial charge on any atom is 0.256 e. The third-order valence-corrected chi connectivity index (χ3v) is 4.63. The van der Waals surface area contributed by atoms with Crippen molar-refractivity contribution in [3.63, 3.8) is 0 Å². The van der Waals surface area contributed by atoms with Crippen molar-refractivity contribution < 1.29 is 9.53 Å². The molecule has 2 atom stereocenters. The second-order valence-electron chi connectivity index (χ2n) is 6.87. The summed E-state index contributed by atoms with van der Waals surface area (Å²) in [7, 11) is 0. The summed E-state index contributed by atoms with van der Waals surface area (Å²) in [5.74, 6) is -0.0240. The van der Waals surface area contributed by atoms with Gasteiger partial charge in [0.25, 0.3) is 11.5 Å². The lowest BCUT2D eigenvalue weighted by atomic mass is 10.0. The summed E-state index contributed by atoms with van der Waals surface area (Å²) in [6.45, 7) is 8.94. The topological polar surface area (TPSA) is 62.4 Å². The molecule has 1 fully saturated rings. The standard InChI is InChI=1S/C20H24N2O3/c1-12-8-18(19(23)21-15(12)4)16-6-5-7-17(9-16)20(24)22-10-13(2)25-14(3)11-22/h5-9,13-14H,10-11H2,1-4H3,(H,21,23)/t13-,14+. The van der Waals surface area contributed by atoms with Crippen LogP contribution in [0.15, 0.2) is 35.1 Å². The summed E-state index contributed by atoms with van der Waals surface area (Å²) < 4.78 is 5.70. The van der Waals surface area contributed by atoms with E-state index < -0.39 is 0 Å². The first-order valence-electron chi connectivity index (χ1n) is 8.61. The Hall–Kier alpha value is -2.40. The van der Waals surface area contributed by atoms with Gasteiger partial charge in [-0.15, -0.1) is 0 Å². The van der Waals surface area contributed by atoms with Crippen LogP contribution >= 0.6 is 0 Å². The molecule has 1 aromatic heterocycles. The Balaban J connectivity index is 1.93. The van der Waals surface area contributed by atoms with Gasteiger partial charge in [0.1, 0.15) is 0 Å². The highest BCUT2D eigenvalue weighted by Crippen LogP contribution is 2.21. The van der Waals surface area contributed by atoms with Gasteiger partial charge in [-0.3, -0.25) is 9.59 Å². The largest absolute Gasteiger partial charge is 0.372 e. The number of ether oxygens (including phenoxy) is 1. The van der Waals surface area contributed by atoms with Gasteiger partial charge in [-0.25, -0.2) is 0 Å². The molecule has 0 saturated carbocycles. The van der Waals surface area contributed by atoms with Gasteiger partial charge in [-0.1, -0.05) is 12.1 Å². The van der Waals surface area contributed by atoms with E-state index in [1.165, 1.54) is 0 Å². The summed E-state index contributed by atoms with van der Waals surface area (Å²) in [4.78, 5) is 29.8. The number of nitrogens with one attached hydrogen (secondary N) is 1. The minimum Gasteiger partial charge on any atom is -0.372 e. The molecule has 1 aromatic carbocycles. The molecule has 1 saturated heterocycles. The zero-order valence-corrected chi connectivity index (χ0v) is 15.1. The molecule has 0 radical (unpaired) electrons. The Morgan fingerprint density at radius 2 is 1.84 bits per heavy atom. The van der Waals surface area contributed by atoms with Gasteiger partial charge >= 0.3 is 0 Å². The lowest BCUT2D eigenvalue weighted by Crippen LogP contribution is -2.48. The van der Waals surface area contributed by atoms with E-state index in [4.69, 9.17) is 4.74 Å². The van der Waals surface area contributed by atoms with Gasteiger partial charge in [0.05, 0.1) is 12.2 Å². The Kier molecular flexibility index (Phi) is 4.77. The van der Waals surface area contributed by atoms with Crippen LogP contribution in [-0.4, -0.2) is 41.1 Å². The van der Waals surface area contributed by atoms with E-state index in [0.717, 1.165) is 16.8 Å². The Morgan fingerprint density at radius 1 is 1.16 bits per heavy atom. The fraction of sp³-hybridized carbons (Fsp3) is 0.400. The summed E-state index contributed by atoms with van der Waals surface area (Å²) in [6, 6.07) is 9.15. The number of carbonyl (C=O) groups excluding carboxylic acids is 1. The zero-order chi connectivity index (χ0) is 18.1. The minimum absolute atomic E-state index is 0.0240. The number of amides is 1. The number of rotatable bonds is 2. The van der Waals surface area contributed by atoms with Gasteiger partial charge in [0, 0.05) is 29.9 Å². The molecule has 25 heavy (non-hydrogen) atoms. The van der Waals surface area contributed by atoms with E-state index in [0.29, 0.717) is 24.2 Å². The van der Waals surface area contributed by atoms with E-state index in [1.54, 1.807) is 12.1 Å². The smallest absolute Gasteiger partial charge is 0.256 e. The van der Waals surface area contributed by atoms with Gasteiger partial charge < -0.3 is 14.6 Å². The molecule has 5 nitrogen and oxygen atoms in total. The van der Waals surface area contributed by atoms with E-state index in [2.05, 4.69) is 4.98 Å². The predicted molar refractivity (Wildman–Crippen MR) is 97.9 cm³/mol. The molecule has 1 aliphatic heterocycles. The maximum atomic E-state index is 12.9. The number of aromatic amines is 1. The Morgan fingerprint density at radius 3 is 2.52 bits per heavy atom. The summed E-state index contributed by atoms with van der Waals surface area (Å²) >= 11 is 0. The lowest BCUT2D eigenvalue weighted by molar-refractivity contribution is -0.0586. The van der Waals surface area contributed by atoms with Crippen molar-refractivity contribution in [1.29, 1.82) is 0 Å². The first-order chi connectivity index (χ1) is 11.8. The zero-order valence-electron chi connectivity index (χ0n) is 15.1. The number of benzene rings is 1. The van der Waals surface area contributed by atoms with Crippen molar-refractivity contribution in [2.75, 3.05) is 13.1 Å². The molecule has 1 N–H and O–H groups in total. The van der Waals surface area contributed by atoms with Gasteiger partial charge in [0.2, 0.25) is 0 Å². The van der Waals surface area contributed by atoms with Crippen LogP contribution in [0.4, 0.5) is 0 Å². The molecular formula is C20H24N2O3. The molecule has 5 heteroatoms. The summed E-state index contributed by atoms with van der Waals surface area (Å²) in [6.07, 6.45) is 0.0527.